The number of hydrogen-bond donors (Lipinski definition) is 0. The predicted molar refractivity (Wildman–Crippen MR) is 601 cm³/mol. The standard InChI is InChI=1S/C23H22N3O.2C22H21N2O.3C20H26GeN.3Ir/c1-14-10-15(2)26-23-21(14)22-20(27-23)12-18(13-25-22)19-11-17(8-9-24-19)16-6-4-3-5-7-16;1-13(2)9-17-11-20(23-12-14(17)3)16-6-8-21-19(10-16)18-7-5-15(4)24-22(18)25-21;1-14-12-23-19(10-15(14)11-22(2,3)4)16-9-18-17-7-5-6-8-20(17)25-21(18)24-13-16;3*1-21(2,3)19-15-22-20(17-11-5-4-6-12-17)14-18(19)13-16-9-7-8-10-16;;;/h8-11,13,16H,3-7H2,1-2H3;5-8,11-13H,9H2,1-4H3;5-8,10,12-13H,11H2,1-4H3;3*4-6,11,14-16H,7-10,13H2,1-3H3;;;/q6*-1;;;. The molecule has 763 valence electrons. The molecule has 0 amide bonds. The molecule has 0 unspecified atom stereocenters. The third-order valence-electron chi connectivity index (χ3n) is 28.8. The number of pyridine rings is 10. The van der Waals surface area contributed by atoms with Crippen LogP contribution >= 0.6 is 0 Å². The Morgan fingerprint density at radius 1 is 0.356 bits per heavy atom. The fourth-order valence-corrected chi connectivity index (χ4v) is 31.4. The molecule has 13 aromatic heterocycles. The van der Waals surface area contributed by atoms with Gasteiger partial charge in [-0.2, -0.15) is 0 Å². The van der Waals surface area contributed by atoms with E-state index in [1.807, 2.05) is 117 Å². The van der Waals surface area contributed by atoms with E-state index < -0.39 is 39.8 Å². The predicted octanol–water partition coefficient (Wildman–Crippen LogP) is 31.8. The van der Waals surface area contributed by atoms with Crippen molar-refractivity contribution in [3.05, 3.63) is 317 Å². The quantitative estimate of drug-likeness (QED) is 0.0554. The minimum Gasteiger partial charge on any atom is 0 e. The van der Waals surface area contributed by atoms with Gasteiger partial charge in [-0.05, 0) is 152 Å². The molecule has 0 atom stereocenters. The van der Waals surface area contributed by atoms with Gasteiger partial charge >= 0.3 is 412 Å². The maximum Gasteiger partial charge on any atom is 0 e. The second kappa shape index (κ2) is 50.5. The Morgan fingerprint density at radius 3 is 1.32 bits per heavy atom. The van der Waals surface area contributed by atoms with E-state index in [0.717, 1.165) is 159 Å². The summed E-state index contributed by atoms with van der Waals surface area (Å²) in [6.07, 6.45) is 45.4. The normalized spacial score (nSPS) is 14.3. The molecule has 0 N–H and O–H groups in total. The monoisotopic (exact) mass is 2660 g/mol. The van der Waals surface area contributed by atoms with Crippen molar-refractivity contribution in [3.63, 3.8) is 0 Å². The van der Waals surface area contributed by atoms with Crippen molar-refractivity contribution < 1.29 is 73.6 Å². The Balaban J connectivity index is 0.000000138. The Labute approximate surface area is 916 Å². The van der Waals surface area contributed by atoms with Crippen LogP contribution in [0.4, 0.5) is 0 Å². The molecule has 4 aliphatic carbocycles. The van der Waals surface area contributed by atoms with Gasteiger partial charge in [0.05, 0.1) is 16.7 Å². The maximum atomic E-state index is 5.97. The SMILES string of the molecule is Cc1cc(C)c2c(n1)oc1[c-]c(-c3cc(C4CCCCC4)ccn3)cnc12.Cc1ccc2c(n1)oc1ccc(-c3cc(CC(C)C)c(C)cn3)[c-]c12.Cc1cnc(-c2[c-]c3c(nc2)oc2ccccc23)cc1CC(C)(C)C.[CH3][Ge]([CH3])([CH3])[c]1cnc(-c2[c-]cccc2)cc1CC1CCCC1.[CH3][Ge]([CH3])([CH3])[c]1cnc(-c2[c-]cccc2)cc1CC1CCCC1.[CH3][Ge]([CH3])([CH3])[c]1cnc(-c2[c-]cccc2)cc1CC1CCCC1.[Ir].[Ir].[Ir]. The van der Waals surface area contributed by atoms with Crippen molar-refractivity contribution in [2.24, 2.45) is 29.1 Å². The van der Waals surface area contributed by atoms with Gasteiger partial charge in [-0.3, -0.25) is 9.97 Å². The van der Waals surface area contributed by atoms with E-state index in [4.69, 9.17) is 28.2 Å². The van der Waals surface area contributed by atoms with Crippen LogP contribution in [0, 0.1) is 100 Å². The second-order valence-electron chi connectivity index (χ2n) is 45.4. The summed E-state index contributed by atoms with van der Waals surface area (Å²) < 4.78 is 22.4. The number of aryl methyl sites for hydroxylation is 5. The third kappa shape index (κ3) is 28.8. The zero-order valence-electron chi connectivity index (χ0n) is 88.9. The first kappa shape index (κ1) is 112. The number of fused-ring (bicyclic) bond motifs is 9. The van der Waals surface area contributed by atoms with Gasteiger partial charge in [-0.1, -0.05) is 142 Å². The minimum absolute atomic E-state index is 0. The molecule has 3 radical (unpaired) electrons. The molecule has 18 aromatic rings. The Morgan fingerprint density at radius 2 is 0.801 bits per heavy atom. The summed E-state index contributed by atoms with van der Waals surface area (Å²) in [5, 5.41) is 4.88. The van der Waals surface area contributed by atoms with Gasteiger partial charge in [-0.15, -0.1) is 23.8 Å². The van der Waals surface area contributed by atoms with E-state index in [1.54, 1.807) is 36.1 Å². The molecule has 4 fully saturated rings. The minimum atomic E-state index is -1.87. The maximum absolute atomic E-state index is 5.97. The fraction of sp³-hybridized carbons (Fsp3) is 0.370. The van der Waals surface area contributed by atoms with Gasteiger partial charge in [0.25, 0.3) is 0 Å². The molecule has 4 saturated carbocycles. The molecule has 4 aliphatic rings. The number of rotatable bonds is 19. The summed E-state index contributed by atoms with van der Waals surface area (Å²) in [5.41, 5.74) is 31.6. The molecule has 0 saturated heterocycles. The first-order valence-corrected chi connectivity index (χ1v) is 74.5. The van der Waals surface area contributed by atoms with Crippen LogP contribution in [0.1, 0.15) is 211 Å². The van der Waals surface area contributed by atoms with E-state index in [2.05, 4.69) is 288 Å². The first-order valence-electron chi connectivity index (χ1n) is 52.5. The zero-order chi connectivity index (χ0) is 100. The van der Waals surface area contributed by atoms with Gasteiger partial charge in [0.1, 0.15) is 0 Å². The third-order valence-corrected chi connectivity index (χ3v) is 41.8. The van der Waals surface area contributed by atoms with Gasteiger partial charge in [0.15, 0.2) is 11.4 Å². The number of hydrogen-bond acceptors (Lipinski definition) is 13. The molecule has 13 heterocycles. The molecule has 5 aromatic carbocycles. The molecule has 0 bridgehead atoms. The molecule has 22 rings (SSSR count). The summed E-state index contributed by atoms with van der Waals surface area (Å²) in [7, 11) is 0. The van der Waals surface area contributed by atoms with Gasteiger partial charge in [0, 0.05) is 113 Å². The van der Waals surface area contributed by atoms with Crippen LogP contribution in [0.25, 0.3) is 134 Å². The summed E-state index contributed by atoms with van der Waals surface area (Å²) >= 11 is -5.61. The summed E-state index contributed by atoms with van der Waals surface area (Å²) in [6, 6.07) is 78.7. The molecule has 19 heteroatoms. The Hall–Kier alpha value is -9.42. The average Bonchev–Trinajstić information content (AvgIpc) is 1.60. The second-order valence-corrected chi connectivity index (χ2v) is 77.1. The van der Waals surface area contributed by atoms with Gasteiger partial charge < -0.3 is 28.2 Å². The van der Waals surface area contributed by atoms with Crippen LogP contribution in [-0.4, -0.2) is 89.6 Å². The zero-order valence-corrected chi connectivity index (χ0v) is 102. The van der Waals surface area contributed by atoms with Crippen LogP contribution in [-0.2, 0) is 92.4 Å². The van der Waals surface area contributed by atoms with E-state index in [-0.39, 0.29) is 65.7 Å². The number of benzene rings is 5. The Bertz CT molecular complexity index is 7150. The molecule has 0 aliphatic heterocycles. The number of para-hydroxylation sites is 1. The van der Waals surface area contributed by atoms with Crippen molar-refractivity contribution in [2.45, 2.75) is 268 Å². The van der Waals surface area contributed by atoms with E-state index in [9.17, 15) is 0 Å². The van der Waals surface area contributed by atoms with Crippen LogP contribution < -0.4 is 13.2 Å². The summed E-state index contributed by atoms with van der Waals surface area (Å²) in [5.74, 6) is 26.2. The van der Waals surface area contributed by atoms with Crippen LogP contribution in [0.5, 0.6) is 0 Å². The van der Waals surface area contributed by atoms with E-state index in [0.29, 0.717) is 34.6 Å². The fourth-order valence-electron chi connectivity index (χ4n) is 21.4. The molecule has 146 heavy (non-hydrogen) atoms. The average molecular weight is 2650 g/mol. The van der Waals surface area contributed by atoms with E-state index in [1.165, 1.54) is 156 Å². The van der Waals surface area contributed by atoms with Crippen LogP contribution in [0.3, 0.4) is 0 Å². The van der Waals surface area contributed by atoms with Gasteiger partial charge in [0.2, 0.25) is 5.71 Å². The van der Waals surface area contributed by atoms with Crippen molar-refractivity contribution in [3.8, 4) is 67.5 Å². The van der Waals surface area contributed by atoms with Crippen LogP contribution in [0.15, 0.2) is 233 Å². The van der Waals surface area contributed by atoms with Gasteiger partial charge in [-0.25, -0.2) is 9.97 Å². The molecule has 13 nitrogen and oxygen atoms in total. The van der Waals surface area contributed by atoms with Crippen LogP contribution in [0.2, 0.25) is 51.8 Å². The van der Waals surface area contributed by atoms with Crippen molar-refractivity contribution in [1.29, 1.82) is 0 Å². The topological polar surface area (TPSA) is 168 Å². The number of aromatic nitrogens is 10. The Kier molecular flexibility index (Phi) is 38.8. The first-order chi connectivity index (χ1) is 68.7. The number of nitrogens with zero attached hydrogens (tertiary/aromatic N) is 10. The smallest absolute Gasteiger partial charge is 0 e. The number of furan rings is 3. The largest absolute Gasteiger partial charge is 0 e. The van der Waals surface area contributed by atoms with Crippen molar-refractivity contribution >= 4 is 119 Å². The van der Waals surface area contributed by atoms with E-state index >= 15 is 0 Å². The van der Waals surface area contributed by atoms with Crippen molar-refractivity contribution in [1.82, 2.24) is 49.8 Å². The molecular weight excluding hydrogens is 2510 g/mol. The molecule has 0 spiro atoms. The molecular formula is C127H142Ge3Ir3N10O3-6. The summed E-state index contributed by atoms with van der Waals surface area (Å²) in [4.78, 5) is 46.2. The van der Waals surface area contributed by atoms with Crippen molar-refractivity contribution in [2.75, 3.05) is 0 Å². The summed E-state index contributed by atoms with van der Waals surface area (Å²) in [6.45, 7) is 21.5.